The van der Waals surface area contributed by atoms with Crippen molar-refractivity contribution in [1.82, 2.24) is 4.72 Å². The van der Waals surface area contributed by atoms with Gasteiger partial charge in [-0.2, -0.15) is 5.26 Å². The number of hydrogen-bond donors (Lipinski definition) is 1. The molecular formula is C11H22N2O2S. The Morgan fingerprint density at radius 1 is 1.25 bits per heavy atom. The quantitative estimate of drug-likeness (QED) is 0.634. The summed E-state index contributed by atoms with van der Waals surface area (Å²) < 4.78 is 26.3. The summed E-state index contributed by atoms with van der Waals surface area (Å²) in [4.78, 5) is 0. The van der Waals surface area contributed by atoms with E-state index in [1.165, 1.54) is 0 Å². The Balaban J connectivity index is 4.32. The normalized spacial score (nSPS) is 13.3. The monoisotopic (exact) mass is 246 g/mol. The first-order valence-corrected chi connectivity index (χ1v) is 7.48. The molecule has 0 aliphatic rings. The fourth-order valence-corrected chi connectivity index (χ4v) is 3.22. The van der Waals surface area contributed by atoms with Crippen molar-refractivity contribution in [2.45, 2.75) is 57.6 Å². The standard InChI is InChI=1S/C11H22N2O2S/c1-3-5-8-11(7-4-2)16(14,15)13-10-6-9-12/h11,13H,3-8,10H2,1-2H3. The van der Waals surface area contributed by atoms with E-state index in [9.17, 15) is 8.42 Å². The van der Waals surface area contributed by atoms with Gasteiger partial charge in [-0.3, -0.25) is 0 Å². The highest BCUT2D eigenvalue weighted by Crippen LogP contribution is 2.14. The van der Waals surface area contributed by atoms with E-state index in [4.69, 9.17) is 5.26 Å². The minimum absolute atomic E-state index is 0.227. The Morgan fingerprint density at radius 2 is 1.94 bits per heavy atom. The van der Waals surface area contributed by atoms with Gasteiger partial charge in [0.25, 0.3) is 0 Å². The van der Waals surface area contributed by atoms with Gasteiger partial charge in [-0.15, -0.1) is 0 Å². The first-order chi connectivity index (χ1) is 7.58. The number of nitrogens with zero attached hydrogens (tertiary/aromatic N) is 1. The largest absolute Gasteiger partial charge is 0.214 e. The molecule has 94 valence electrons. The number of nitriles is 1. The van der Waals surface area contributed by atoms with E-state index in [2.05, 4.69) is 11.6 Å². The van der Waals surface area contributed by atoms with Gasteiger partial charge in [-0.1, -0.05) is 33.1 Å². The SMILES string of the molecule is CCCCC(CCC)S(=O)(=O)NCCC#N. The number of nitrogens with one attached hydrogen (secondary N) is 1. The highest BCUT2D eigenvalue weighted by atomic mass is 32.2. The molecule has 0 heterocycles. The molecule has 4 nitrogen and oxygen atoms in total. The van der Waals surface area contributed by atoms with Gasteiger partial charge in [0.2, 0.25) is 10.0 Å². The minimum atomic E-state index is -3.23. The molecule has 1 atom stereocenters. The molecular weight excluding hydrogens is 224 g/mol. The smallest absolute Gasteiger partial charge is 0.214 e. The Bertz CT molecular complexity index is 306. The summed E-state index contributed by atoms with van der Waals surface area (Å²) in [6, 6.07) is 1.93. The number of unbranched alkanes of at least 4 members (excludes halogenated alkanes) is 1. The van der Waals surface area contributed by atoms with Crippen molar-refractivity contribution in [2.24, 2.45) is 0 Å². The maximum absolute atomic E-state index is 11.9. The van der Waals surface area contributed by atoms with Gasteiger partial charge < -0.3 is 0 Å². The minimum Gasteiger partial charge on any atom is -0.214 e. The molecule has 0 aliphatic carbocycles. The van der Waals surface area contributed by atoms with Crippen molar-refractivity contribution in [2.75, 3.05) is 6.54 Å². The zero-order chi connectivity index (χ0) is 12.4. The lowest BCUT2D eigenvalue weighted by molar-refractivity contribution is 0.536. The summed E-state index contributed by atoms with van der Waals surface area (Å²) in [5.41, 5.74) is 0. The maximum Gasteiger partial charge on any atom is 0.214 e. The van der Waals surface area contributed by atoms with Gasteiger partial charge >= 0.3 is 0 Å². The zero-order valence-corrected chi connectivity index (χ0v) is 11.0. The van der Waals surface area contributed by atoms with Crippen LogP contribution >= 0.6 is 0 Å². The molecule has 16 heavy (non-hydrogen) atoms. The molecule has 0 spiro atoms. The zero-order valence-electron chi connectivity index (χ0n) is 10.2. The number of rotatable bonds is 9. The highest BCUT2D eigenvalue weighted by Gasteiger charge is 2.23. The molecule has 0 radical (unpaired) electrons. The first-order valence-electron chi connectivity index (χ1n) is 5.93. The molecule has 0 bridgehead atoms. The van der Waals surface area contributed by atoms with Crippen LogP contribution in [0.1, 0.15) is 52.4 Å². The summed E-state index contributed by atoms with van der Waals surface area (Å²) in [5.74, 6) is 0. The molecule has 0 aromatic rings. The Labute approximate surface area is 99.1 Å². The van der Waals surface area contributed by atoms with Crippen LogP contribution in [0.2, 0.25) is 0 Å². The van der Waals surface area contributed by atoms with Crippen LogP contribution in [0.3, 0.4) is 0 Å². The highest BCUT2D eigenvalue weighted by molar-refractivity contribution is 7.90. The van der Waals surface area contributed by atoms with E-state index in [-0.39, 0.29) is 18.2 Å². The molecule has 0 saturated carbocycles. The maximum atomic E-state index is 11.9. The summed E-state index contributed by atoms with van der Waals surface area (Å²) in [5, 5.41) is 8.07. The van der Waals surface area contributed by atoms with Gasteiger partial charge in [-0.25, -0.2) is 13.1 Å². The predicted octanol–water partition coefficient (Wildman–Crippen LogP) is 2.18. The molecule has 0 saturated heterocycles. The van der Waals surface area contributed by atoms with E-state index in [1.807, 2.05) is 13.0 Å². The summed E-state index contributed by atoms with van der Waals surface area (Å²) in [7, 11) is -3.23. The molecule has 0 fully saturated rings. The summed E-state index contributed by atoms with van der Waals surface area (Å²) >= 11 is 0. The molecule has 0 aromatic carbocycles. The molecule has 0 aliphatic heterocycles. The van der Waals surface area contributed by atoms with E-state index in [0.29, 0.717) is 12.8 Å². The third kappa shape index (κ3) is 6.09. The fourth-order valence-electron chi connectivity index (χ4n) is 1.58. The van der Waals surface area contributed by atoms with E-state index < -0.39 is 10.0 Å². The van der Waals surface area contributed by atoms with E-state index in [1.54, 1.807) is 0 Å². The Morgan fingerprint density at radius 3 is 2.44 bits per heavy atom. The second kappa shape index (κ2) is 8.54. The Kier molecular flexibility index (Phi) is 8.22. The molecule has 0 rings (SSSR count). The lowest BCUT2D eigenvalue weighted by atomic mass is 10.1. The second-order valence-corrected chi connectivity index (χ2v) is 5.95. The number of hydrogen-bond acceptors (Lipinski definition) is 3. The van der Waals surface area contributed by atoms with Crippen molar-refractivity contribution in [3.05, 3.63) is 0 Å². The lowest BCUT2D eigenvalue weighted by Crippen LogP contribution is -2.34. The second-order valence-electron chi connectivity index (χ2n) is 3.90. The van der Waals surface area contributed by atoms with Crippen molar-refractivity contribution < 1.29 is 8.42 Å². The van der Waals surface area contributed by atoms with Crippen LogP contribution in [0.5, 0.6) is 0 Å². The average molecular weight is 246 g/mol. The van der Waals surface area contributed by atoms with Gasteiger partial charge in [-0.05, 0) is 12.8 Å². The van der Waals surface area contributed by atoms with Crippen LogP contribution < -0.4 is 4.72 Å². The average Bonchev–Trinajstić information content (AvgIpc) is 2.24. The van der Waals surface area contributed by atoms with Gasteiger partial charge in [0.15, 0.2) is 0 Å². The van der Waals surface area contributed by atoms with E-state index >= 15 is 0 Å². The van der Waals surface area contributed by atoms with Crippen molar-refractivity contribution in [3.8, 4) is 6.07 Å². The van der Waals surface area contributed by atoms with Crippen LogP contribution in [0.4, 0.5) is 0 Å². The van der Waals surface area contributed by atoms with Gasteiger partial charge in [0.05, 0.1) is 11.3 Å². The molecule has 0 amide bonds. The van der Waals surface area contributed by atoms with E-state index in [0.717, 1.165) is 19.3 Å². The fraction of sp³-hybridized carbons (Fsp3) is 0.909. The molecule has 5 heteroatoms. The molecule has 1 N–H and O–H groups in total. The van der Waals surface area contributed by atoms with Crippen LogP contribution in [0.25, 0.3) is 0 Å². The summed E-state index contributed by atoms with van der Waals surface area (Å²) in [6.07, 6.45) is 4.45. The first kappa shape index (κ1) is 15.4. The van der Waals surface area contributed by atoms with Crippen LogP contribution in [-0.2, 0) is 10.0 Å². The van der Waals surface area contributed by atoms with Gasteiger partial charge in [0.1, 0.15) is 0 Å². The van der Waals surface area contributed by atoms with Crippen LogP contribution in [0.15, 0.2) is 0 Å². The van der Waals surface area contributed by atoms with Crippen molar-refractivity contribution in [3.63, 3.8) is 0 Å². The third-order valence-electron chi connectivity index (χ3n) is 2.47. The predicted molar refractivity (Wildman–Crippen MR) is 65.4 cm³/mol. The lowest BCUT2D eigenvalue weighted by Gasteiger charge is -2.16. The number of sulfonamides is 1. The topological polar surface area (TPSA) is 70.0 Å². The third-order valence-corrected chi connectivity index (χ3v) is 4.42. The van der Waals surface area contributed by atoms with Crippen molar-refractivity contribution in [1.29, 1.82) is 5.26 Å². The van der Waals surface area contributed by atoms with Crippen molar-refractivity contribution >= 4 is 10.0 Å². The molecule has 0 aromatic heterocycles. The summed E-state index contributed by atoms with van der Waals surface area (Å²) in [6.45, 7) is 4.27. The van der Waals surface area contributed by atoms with Gasteiger partial charge in [0, 0.05) is 13.0 Å². The molecule has 1 unspecified atom stereocenters. The van der Waals surface area contributed by atoms with Crippen LogP contribution in [-0.4, -0.2) is 20.2 Å². The Hall–Kier alpha value is -0.600. The van der Waals surface area contributed by atoms with Crippen LogP contribution in [0, 0.1) is 11.3 Å².